The van der Waals surface area contributed by atoms with Gasteiger partial charge in [-0.25, -0.2) is 0 Å². The first-order valence-corrected chi connectivity index (χ1v) is 9.80. The summed E-state index contributed by atoms with van der Waals surface area (Å²) in [4.78, 5) is 22.8. The first kappa shape index (κ1) is 18.0. The van der Waals surface area contributed by atoms with Gasteiger partial charge in [-0.2, -0.15) is 0 Å². The van der Waals surface area contributed by atoms with Crippen LogP contribution in [0.1, 0.15) is 64.0 Å². The van der Waals surface area contributed by atoms with Crippen LogP contribution in [0.25, 0.3) is 5.57 Å². The molecular formula is C23H26O4. The van der Waals surface area contributed by atoms with Crippen molar-refractivity contribution in [3.05, 3.63) is 46.5 Å². The Hall–Kier alpha value is -2.36. The Kier molecular flexibility index (Phi) is 4.45. The smallest absolute Gasteiger partial charge is 0.308 e. The van der Waals surface area contributed by atoms with Crippen LogP contribution in [0.15, 0.2) is 35.4 Å². The number of esters is 2. The first-order chi connectivity index (χ1) is 12.9. The van der Waals surface area contributed by atoms with E-state index in [2.05, 4.69) is 19.1 Å². The van der Waals surface area contributed by atoms with Gasteiger partial charge in [-0.1, -0.05) is 19.1 Å². The van der Waals surface area contributed by atoms with Gasteiger partial charge in [0.1, 0.15) is 11.9 Å². The highest BCUT2D eigenvalue weighted by Gasteiger charge is 2.46. The lowest BCUT2D eigenvalue weighted by Gasteiger charge is -2.47. The summed E-state index contributed by atoms with van der Waals surface area (Å²) in [6, 6.07) is 5.99. The Bertz CT molecular complexity index is 876. The molecule has 0 saturated heterocycles. The number of allylic oxidation sites excluding steroid dienone is 3. The van der Waals surface area contributed by atoms with Gasteiger partial charge in [0.05, 0.1) is 0 Å². The van der Waals surface area contributed by atoms with E-state index in [9.17, 15) is 9.59 Å². The highest BCUT2D eigenvalue weighted by molar-refractivity contribution is 5.79. The third kappa shape index (κ3) is 3.11. The lowest BCUT2D eigenvalue weighted by Crippen LogP contribution is -2.42. The van der Waals surface area contributed by atoms with Crippen molar-refractivity contribution in [3.63, 3.8) is 0 Å². The average Bonchev–Trinajstić information content (AvgIpc) is 2.61. The zero-order valence-corrected chi connectivity index (χ0v) is 16.3. The molecule has 27 heavy (non-hydrogen) atoms. The number of fused-ring (bicyclic) bond motifs is 4. The summed E-state index contributed by atoms with van der Waals surface area (Å²) in [6.45, 7) is 5.19. The van der Waals surface area contributed by atoms with E-state index in [0.717, 1.165) is 38.5 Å². The number of hydrogen-bond acceptors (Lipinski definition) is 4. The molecule has 0 unspecified atom stereocenters. The van der Waals surface area contributed by atoms with Gasteiger partial charge in [0.15, 0.2) is 0 Å². The fourth-order valence-electron chi connectivity index (χ4n) is 5.10. The zero-order valence-electron chi connectivity index (χ0n) is 16.3. The minimum absolute atomic E-state index is 0.0308. The Morgan fingerprint density at radius 3 is 2.63 bits per heavy atom. The number of rotatable bonds is 2. The predicted molar refractivity (Wildman–Crippen MR) is 103 cm³/mol. The first-order valence-electron chi connectivity index (χ1n) is 9.80. The molecular weight excluding hydrogens is 340 g/mol. The van der Waals surface area contributed by atoms with Crippen LogP contribution in [0.5, 0.6) is 5.75 Å². The quantitative estimate of drug-likeness (QED) is 0.559. The molecule has 3 aliphatic carbocycles. The Balaban J connectivity index is 1.71. The maximum atomic E-state index is 11.6. The van der Waals surface area contributed by atoms with Crippen LogP contribution in [-0.4, -0.2) is 18.0 Å². The van der Waals surface area contributed by atoms with Crippen LogP contribution >= 0.6 is 0 Å². The Morgan fingerprint density at radius 2 is 1.89 bits per heavy atom. The summed E-state index contributed by atoms with van der Waals surface area (Å²) in [5, 5.41) is 0. The summed E-state index contributed by atoms with van der Waals surface area (Å²) < 4.78 is 11.0. The van der Waals surface area contributed by atoms with Crippen molar-refractivity contribution in [2.45, 2.75) is 65.4 Å². The molecule has 0 radical (unpaired) electrons. The van der Waals surface area contributed by atoms with Crippen LogP contribution in [0.2, 0.25) is 0 Å². The zero-order chi connectivity index (χ0) is 19.2. The molecule has 0 saturated carbocycles. The number of benzene rings is 1. The lowest BCUT2D eigenvalue weighted by molar-refractivity contribution is -0.152. The van der Waals surface area contributed by atoms with Crippen LogP contribution in [0, 0.1) is 5.41 Å². The molecule has 0 fully saturated rings. The van der Waals surface area contributed by atoms with E-state index in [1.807, 2.05) is 12.1 Å². The molecule has 3 aliphatic rings. The summed E-state index contributed by atoms with van der Waals surface area (Å²) in [5.41, 5.74) is 6.69. The van der Waals surface area contributed by atoms with E-state index in [1.54, 1.807) is 0 Å². The molecule has 2 atom stereocenters. The standard InChI is InChI=1S/C23H26O4/c1-14(24)26-17-8-10-18-16(13-17)7-9-20-19(18)11-12-23(3)21(20)5-4-6-22(23)27-15(2)25/h5,8,10,13,22H,4,6-7,9,11-12H2,1-3H3/t22-,23-/m0/s1. The lowest BCUT2D eigenvalue weighted by atomic mass is 9.60. The average molecular weight is 366 g/mol. The summed E-state index contributed by atoms with van der Waals surface area (Å²) >= 11 is 0. The van der Waals surface area contributed by atoms with Crippen molar-refractivity contribution in [3.8, 4) is 5.75 Å². The summed E-state index contributed by atoms with van der Waals surface area (Å²) in [5.74, 6) is 0.148. The molecule has 0 aliphatic heterocycles. The summed E-state index contributed by atoms with van der Waals surface area (Å²) in [6.07, 6.45) is 8.10. The third-order valence-corrected chi connectivity index (χ3v) is 6.30. The highest BCUT2D eigenvalue weighted by atomic mass is 16.5. The molecule has 0 amide bonds. The van der Waals surface area contributed by atoms with Crippen LogP contribution < -0.4 is 4.74 Å². The fraction of sp³-hybridized carbons (Fsp3) is 0.478. The second-order valence-electron chi connectivity index (χ2n) is 8.08. The van der Waals surface area contributed by atoms with E-state index in [1.165, 1.54) is 41.7 Å². The number of hydrogen-bond donors (Lipinski definition) is 0. The number of aryl methyl sites for hydroxylation is 1. The van der Waals surface area contributed by atoms with Crippen molar-refractivity contribution < 1.29 is 19.1 Å². The van der Waals surface area contributed by atoms with E-state index in [4.69, 9.17) is 9.47 Å². The molecule has 4 nitrogen and oxygen atoms in total. The van der Waals surface area contributed by atoms with Gasteiger partial charge in [-0.15, -0.1) is 0 Å². The van der Waals surface area contributed by atoms with Crippen molar-refractivity contribution in [1.29, 1.82) is 0 Å². The minimum Gasteiger partial charge on any atom is -0.462 e. The number of carbonyl (C=O) groups excluding carboxylic acids is 2. The van der Waals surface area contributed by atoms with Gasteiger partial charge in [0, 0.05) is 19.3 Å². The minimum atomic E-state index is -0.289. The van der Waals surface area contributed by atoms with Gasteiger partial charge >= 0.3 is 11.9 Å². The van der Waals surface area contributed by atoms with E-state index >= 15 is 0 Å². The largest absolute Gasteiger partial charge is 0.462 e. The Labute approximate surface area is 160 Å². The second kappa shape index (κ2) is 6.66. The molecule has 1 aromatic carbocycles. The van der Waals surface area contributed by atoms with Crippen LogP contribution in [0.3, 0.4) is 0 Å². The Morgan fingerprint density at radius 1 is 1.07 bits per heavy atom. The van der Waals surface area contributed by atoms with Gasteiger partial charge < -0.3 is 9.47 Å². The third-order valence-electron chi connectivity index (χ3n) is 6.30. The van der Waals surface area contributed by atoms with E-state index in [-0.39, 0.29) is 23.5 Å². The van der Waals surface area contributed by atoms with Gasteiger partial charge in [-0.3, -0.25) is 9.59 Å². The number of carbonyl (C=O) groups is 2. The second-order valence-corrected chi connectivity index (χ2v) is 8.08. The summed E-state index contributed by atoms with van der Waals surface area (Å²) in [7, 11) is 0. The molecule has 0 heterocycles. The molecule has 0 N–H and O–H groups in total. The topological polar surface area (TPSA) is 52.6 Å². The van der Waals surface area contributed by atoms with Crippen molar-refractivity contribution in [2.24, 2.45) is 5.41 Å². The molecule has 0 aromatic heterocycles. The van der Waals surface area contributed by atoms with Crippen molar-refractivity contribution in [2.75, 3.05) is 0 Å². The van der Waals surface area contributed by atoms with Crippen LogP contribution in [0.4, 0.5) is 0 Å². The molecule has 4 heteroatoms. The van der Waals surface area contributed by atoms with E-state index in [0.29, 0.717) is 5.75 Å². The number of ether oxygens (including phenoxy) is 2. The van der Waals surface area contributed by atoms with Crippen LogP contribution in [-0.2, 0) is 20.7 Å². The maximum absolute atomic E-state index is 11.6. The molecule has 0 spiro atoms. The highest BCUT2D eigenvalue weighted by Crippen LogP contribution is 2.55. The van der Waals surface area contributed by atoms with Crippen molar-refractivity contribution >= 4 is 17.5 Å². The fourth-order valence-corrected chi connectivity index (χ4v) is 5.10. The maximum Gasteiger partial charge on any atom is 0.308 e. The van der Waals surface area contributed by atoms with Gasteiger partial charge in [-0.05, 0) is 78.5 Å². The van der Waals surface area contributed by atoms with Crippen molar-refractivity contribution in [1.82, 2.24) is 0 Å². The predicted octanol–water partition coefficient (Wildman–Crippen LogP) is 4.76. The molecule has 1 aromatic rings. The molecule has 142 valence electrons. The van der Waals surface area contributed by atoms with Gasteiger partial charge in [0.2, 0.25) is 0 Å². The van der Waals surface area contributed by atoms with Gasteiger partial charge in [0.25, 0.3) is 0 Å². The molecule has 4 rings (SSSR count). The monoisotopic (exact) mass is 366 g/mol. The normalized spacial score (nSPS) is 26.3. The molecule has 0 bridgehead atoms. The van der Waals surface area contributed by atoms with E-state index < -0.39 is 0 Å². The SMILES string of the molecule is CC(=O)Oc1ccc2c(c1)CCC1=C2CC[C@@]2(C)C1=CCC[C@@H]2OC(C)=O.